The van der Waals surface area contributed by atoms with E-state index in [9.17, 15) is 22.0 Å². The summed E-state index contributed by atoms with van der Waals surface area (Å²) in [7, 11) is 0. The first kappa shape index (κ1) is 24.5. The summed E-state index contributed by atoms with van der Waals surface area (Å²) in [5, 5.41) is 0. The molecule has 1 saturated heterocycles. The molecule has 0 saturated carbocycles. The topological polar surface area (TPSA) is 76.6 Å². The Labute approximate surface area is 175 Å². The Kier molecular flexibility index (Phi) is 8.98. The maximum Gasteiger partial charge on any atom is 0.433 e. The molecule has 30 heavy (non-hydrogen) atoms. The van der Waals surface area contributed by atoms with Crippen LogP contribution in [0.2, 0.25) is 0 Å². The number of hydrogen-bond donors (Lipinski definition) is 1. The van der Waals surface area contributed by atoms with Crippen LogP contribution in [0, 0.1) is 5.92 Å². The highest BCUT2D eigenvalue weighted by atomic mass is 32.2. The Morgan fingerprint density at radius 3 is 2.57 bits per heavy atom. The Hall–Kier alpha value is -1.79. The highest BCUT2D eigenvalue weighted by Crippen LogP contribution is 2.31. The molecule has 1 aromatic rings. The molecule has 0 aliphatic carbocycles. The van der Waals surface area contributed by atoms with Crippen molar-refractivity contribution in [1.29, 1.82) is 0 Å². The standard InChI is InChI=1S/C18H24F5N5OS/c1-25-14(16(19)20)15(30-2)12(9-24)28-7-4-11(5-8-28)10-29-17-26-6-3-13(27-17)18(21,22)23/h3,6,11-12,16H,1,4-5,7-10,24H2,2H3/b15-14-. The summed E-state index contributed by atoms with van der Waals surface area (Å²) in [5.41, 5.74) is 4.45. The Morgan fingerprint density at radius 2 is 2.07 bits per heavy atom. The summed E-state index contributed by atoms with van der Waals surface area (Å²) in [6.07, 6.45) is -3.27. The summed E-state index contributed by atoms with van der Waals surface area (Å²) >= 11 is 1.18. The molecule has 2 rings (SSSR count). The fraction of sp³-hybridized carbons (Fsp3) is 0.611. The molecule has 1 aliphatic heterocycles. The van der Waals surface area contributed by atoms with Crippen molar-refractivity contribution in [3.05, 3.63) is 28.6 Å². The third kappa shape index (κ3) is 6.35. The average molecular weight is 453 g/mol. The van der Waals surface area contributed by atoms with Crippen LogP contribution in [-0.2, 0) is 6.18 Å². The number of thioether (sulfide) groups is 1. The molecule has 1 atom stereocenters. The Balaban J connectivity index is 1.96. The van der Waals surface area contributed by atoms with E-state index in [1.165, 1.54) is 11.8 Å². The lowest BCUT2D eigenvalue weighted by atomic mass is 9.96. The zero-order valence-corrected chi connectivity index (χ0v) is 17.2. The lowest BCUT2D eigenvalue weighted by Crippen LogP contribution is -2.46. The van der Waals surface area contributed by atoms with Gasteiger partial charge in [0.25, 0.3) is 6.43 Å². The van der Waals surface area contributed by atoms with Gasteiger partial charge in [0.05, 0.1) is 12.6 Å². The number of hydrogen-bond acceptors (Lipinski definition) is 7. The van der Waals surface area contributed by atoms with Crippen LogP contribution < -0.4 is 10.5 Å². The molecule has 2 heterocycles. The molecule has 0 aromatic carbocycles. The van der Waals surface area contributed by atoms with E-state index in [0.717, 1.165) is 12.3 Å². The van der Waals surface area contributed by atoms with Gasteiger partial charge < -0.3 is 10.5 Å². The first-order valence-corrected chi connectivity index (χ1v) is 10.4. The lowest BCUT2D eigenvalue weighted by Gasteiger charge is -2.38. The van der Waals surface area contributed by atoms with E-state index in [-0.39, 0.29) is 30.8 Å². The molecule has 0 spiro atoms. The number of nitrogens with zero attached hydrogens (tertiary/aromatic N) is 4. The molecule has 0 amide bonds. The number of nitrogens with two attached hydrogens (primary N) is 1. The molecule has 168 valence electrons. The second-order valence-corrected chi connectivity index (χ2v) is 7.52. The second-order valence-electron chi connectivity index (χ2n) is 6.68. The normalized spacial score (nSPS) is 18.3. The Bertz CT molecular complexity index is 738. The fourth-order valence-electron chi connectivity index (χ4n) is 3.28. The van der Waals surface area contributed by atoms with Crippen LogP contribution >= 0.6 is 11.8 Å². The predicted octanol–water partition coefficient (Wildman–Crippen LogP) is 3.45. The Morgan fingerprint density at radius 1 is 1.40 bits per heavy atom. The van der Waals surface area contributed by atoms with Crippen molar-refractivity contribution in [1.82, 2.24) is 14.9 Å². The number of halogens is 5. The molecule has 1 unspecified atom stereocenters. The SMILES string of the molecule is C=N/C(=C(\SC)C(CN)N1CCC(COc2nccc(C(F)(F)F)n2)CC1)C(F)F. The number of allylic oxidation sites excluding steroid dienone is 1. The van der Waals surface area contributed by atoms with Crippen LogP contribution in [0.4, 0.5) is 22.0 Å². The maximum atomic E-state index is 13.3. The minimum absolute atomic E-state index is 0.0756. The van der Waals surface area contributed by atoms with Crippen molar-refractivity contribution in [3.63, 3.8) is 0 Å². The quantitative estimate of drug-likeness (QED) is 0.456. The number of likely N-dealkylation sites (tertiary alicyclic amines) is 1. The monoisotopic (exact) mass is 453 g/mol. The van der Waals surface area contributed by atoms with Crippen LogP contribution in [0.25, 0.3) is 0 Å². The number of alkyl halides is 5. The number of aliphatic imine (C=N–C) groups is 1. The molecule has 12 heteroatoms. The van der Waals surface area contributed by atoms with Gasteiger partial charge >= 0.3 is 12.2 Å². The van der Waals surface area contributed by atoms with Gasteiger partial charge in [0.2, 0.25) is 0 Å². The number of ether oxygens (including phenoxy) is 1. The van der Waals surface area contributed by atoms with E-state index < -0.39 is 24.3 Å². The summed E-state index contributed by atoms with van der Waals surface area (Å²) in [4.78, 5) is 13.0. The van der Waals surface area contributed by atoms with E-state index in [2.05, 4.69) is 21.7 Å². The number of aromatic nitrogens is 2. The van der Waals surface area contributed by atoms with Crippen LogP contribution in [0.1, 0.15) is 18.5 Å². The molecule has 0 bridgehead atoms. The van der Waals surface area contributed by atoms with Crippen molar-refractivity contribution in [2.45, 2.75) is 31.5 Å². The minimum Gasteiger partial charge on any atom is -0.463 e. The van der Waals surface area contributed by atoms with Gasteiger partial charge in [-0.2, -0.15) is 18.2 Å². The first-order valence-electron chi connectivity index (χ1n) is 9.21. The zero-order valence-electron chi connectivity index (χ0n) is 16.4. The minimum atomic E-state index is -4.57. The van der Waals surface area contributed by atoms with E-state index in [4.69, 9.17) is 10.5 Å². The van der Waals surface area contributed by atoms with Gasteiger partial charge in [-0.15, -0.1) is 11.8 Å². The molecular formula is C18H24F5N5OS. The van der Waals surface area contributed by atoms with Crippen molar-refractivity contribution < 1.29 is 26.7 Å². The van der Waals surface area contributed by atoms with Crippen LogP contribution in [0.3, 0.4) is 0 Å². The molecule has 0 radical (unpaired) electrons. The largest absolute Gasteiger partial charge is 0.463 e. The third-order valence-corrected chi connectivity index (χ3v) is 5.76. The van der Waals surface area contributed by atoms with Crippen LogP contribution in [0.5, 0.6) is 6.01 Å². The number of rotatable bonds is 9. The summed E-state index contributed by atoms with van der Waals surface area (Å²) < 4.78 is 70.0. The molecule has 1 aromatic heterocycles. The highest BCUT2D eigenvalue weighted by Gasteiger charge is 2.33. The van der Waals surface area contributed by atoms with Crippen molar-refractivity contribution >= 4 is 18.5 Å². The van der Waals surface area contributed by atoms with Gasteiger partial charge in [0.1, 0.15) is 5.70 Å². The summed E-state index contributed by atoms with van der Waals surface area (Å²) in [5.74, 6) is 0.0756. The molecular weight excluding hydrogens is 429 g/mol. The van der Waals surface area contributed by atoms with Crippen LogP contribution in [0.15, 0.2) is 27.9 Å². The van der Waals surface area contributed by atoms with Gasteiger partial charge in [-0.1, -0.05) is 0 Å². The number of piperidine rings is 1. The van der Waals surface area contributed by atoms with Crippen molar-refractivity contribution in [2.24, 2.45) is 16.6 Å². The van der Waals surface area contributed by atoms with Gasteiger partial charge in [-0.3, -0.25) is 9.89 Å². The summed E-state index contributed by atoms with van der Waals surface area (Å²) in [6.45, 7) is 4.73. The average Bonchev–Trinajstić information content (AvgIpc) is 2.72. The molecule has 1 aliphatic rings. The molecule has 1 fully saturated rings. The molecule has 2 N–H and O–H groups in total. The fourth-order valence-corrected chi connectivity index (χ4v) is 4.16. The first-order chi connectivity index (χ1) is 14.2. The van der Waals surface area contributed by atoms with E-state index in [1.807, 2.05) is 4.90 Å². The zero-order chi connectivity index (χ0) is 22.3. The highest BCUT2D eigenvalue weighted by molar-refractivity contribution is 8.02. The van der Waals surface area contributed by atoms with E-state index in [0.29, 0.717) is 30.8 Å². The summed E-state index contributed by atoms with van der Waals surface area (Å²) in [6, 6.07) is 0.0578. The van der Waals surface area contributed by atoms with Crippen molar-refractivity contribution in [3.8, 4) is 6.01 Å². The van der Waals surface area contributed by atoms with E-state index >= 15 is 0 Å². The van der Waals surface area contributed by atoms with Crippen molar-refractivity contribution in [2.75, 3.05) is 32.5 Å². The van der Waals surface area contributed by atoms with E-state index in [1.54, 1.807) is 6.26 Å². The van der Waals surface area contributed by atoms with Gasteiger partial charge in [0.15, 0.2) is 5.69 Å². The van der Waals surface area contributed by atoms with Gasteiger partial charge in [-0.25, -0.2) is 13.8 Å². The third-order valence-electron chi connectivity index (χ3n) is 4.84. The van der Waals surface area contributed by atoms with Gasteiger partial charge in [-0.05, 0) is 50.9 Å². The second kappa shape index (κ2) is 11.0. The van der Waals surface area contributed by atoms with Crippen LogP contribution in [-0.4, -0.2) is 66.5 Å². The maximum absolute atomic E-state index is 13.3. The molecule has 6 nitrogen and oxygen atoms in total. The van der Waals surface area contributed by atoms with Gasteiger partial charge in [0, 0.05) is 17.6 Å². The predicted molar refractivity (Wildman–Crippen MR) is 106 cm³/mol. The lowest BCUT2D eigenvalue weighted by molar-refractivity contribution is -0.141. The smallest absolute Gasteiger partial charge is 0.433 e.